The molecule has 0 aliphatic carbocycles. The zero-order chi connectivity index (χ0) is 24.5. The number of methoxy groups -OCH3 is 1. The lowest BCUT2D eigenvalue weighted by atomic mass is 9.98. The summed E-state index contributed by atoms with van der Waals surface area (Å²) in [6.45, 7) is 20.2. The highest BCUT2D eigenvalue weighted by Gasteiger charge is 2.39. The normalized spacial score (nSPS) is 15.2. The molecule has 2 aromatic carbocycles. The fourth-order valence-corrected chi connectivity index (χ4v) is 9.99. The van der Waals surface area contributed by atoms with Gasteiger partial charge in [0.1, 0.15) is 16.7 Å². The molecule has 0 amide bonds. The Morgan fingerprint density at radius 3 is 1.78 bits per heavy atom. The largest absolute Gasteiger partial charge is 0.497 e. The van der Waals surface area contributed by atoms with E-state index in [1.54, 1.807) is 7.11 Å². The maximum atomic E-state index is 13.6. The van der Waals surface area contributed by atoms with Crippen LogP contribution in [0.1, 0.15) is 79.5 Å². The van der Waals surface area contributed by atoms with Crippen LogP contribution in [0, 0.1) is 0 Å². The third kappa shape index (κ3) is 6.22. The van der Waals surface area contributed by atoms with Crippen LogP contribution in [-0.2, 0) is 11.0 Å². The van der Waals surface area contributed by atoms with E-state index in [0.29, 0.717) is 0 Å². The summed E-state index contributed by atoms with van der Waals surface area (Å²) in [6.07, 6.45) is 0. The van der Waals surface area contributed by atoms with Crippen molar-refractivity contribution in [1.29, 1.82) is 0 Å². The van der Waals surface area contributed by atoms with Crippen LogP contribution in [0.25, 0.3) is 0 Å². The molecular weight excluding hydrogens is 433 g/mol. The molecule has 2 aromatic rings. The summed E-state index contributed by atoms with van der Waals surface area (Å²) >= 11 is 0. The van der Waals surface area contributed by atoms with Crippen molar-refractivity contribution in [2.75, 3.05) is 14.2 Å². The highest BCUT2D eigenvalue weighted by molar-refractivity contribution is 7.84. The van der Waals surface area contributed by atoms with Crippen molar-refractivity contribution in [3.8, 4) is 5.75 Å². The van der Waals surface area contributed by atoms with Crippen molar-refractivity contribution in [3.05, 3.63) is 59.7 Å². The Balaban J connectivity index is 2.79. The molecule has 0 aromatic heterocycles. The number of ether oxygens (including phenoxy) is 1. The molecule has 32 heavy (non-hydrogen) atoms. The number of benzene rings is 2. The van der Waals surface area contributed by atoms with Crippen molar-refractivity contribution in [2.24, 2.45) is 0 Å². The Kier molecular flexibility index (Phi) is 8.41. The topological polar surface area (TPSA) is 29.5 Å². The second kappa shape index (κ2) is 9.95. The Morgan fingerprint density at radius 2 is 1.34 bits per heavy atom. The second-order valence-corrected chi connectivity index (χ2v) is 17.5. The molecular formula is C27H42NO2PS. The molecule has 0 N–H and O–H groups in total. The monoisotopic (exact) mass is 475 g/mol. The van der Waals surface area contributed by atoms with Crippen LogP contribution in [0.3, 0.4) is 0 Å². The maximum absolute atomic E-state index is 13.6. The number of hydrogen-bond donors (Lipinski definition) is 0. The first-order chi connectivity index (χ1) is 14.6. The standard InChI is InChI=1S/C27H42NO2PS/c1-25(2,3)31(26(4,5)6)23-15-13-12-14-22(23)24(28(10)32(29)27(7,8)9)20-16-18-21(30-11)19-17-20/h12-19,24H,1-11H3/t24-,32?/m1/s1. The van der Waals surface area contributed by atoms with Gasteiger partial charge in [0.05, 0.1) is 17.9 Å². The van der Waals surface area contributed by atoms with Gasteiger partial charge in [-0.3, -0.25) is 0 Å². The smallest absolute Gasteiger partial charge is 0.118 e. The first-order valence-electron chi connectivity index (χ1n) is 11.3. The SMILES string of the molecule is COc1ccc([C@H](c2ccccc2P(C(C)(C)C)C(C)(C)C)N(C)S(=O)C(C)(C)C)cc1. The quantitative estimate of drug-likeness (QED) is 0.426. The molecule has 0 aliphatic heterocycles. The van der Waals surface area contributed by atoms with E-state index in [-0.39, 0.29) is 21.1 Å². The van der Waals surface area contributed by atoms with Gasteiger partial charge < -0.3 is 4.74 Å². The molecule has 0 heterocycles. The minimum atomic E-state index is -1.17. The lowest BCUT2D eigenvalue weighted by molar-refractivity contribution is 0.413. The Labute approximate surface area is 200 Å². The molecule has 0 fully saturated rings. The molecule has 178 valence electrons. The predicted octanol–water partition coefficient (Wildman–Crippen LogP) is 6.88. The maximum Gasteiger partial charge on any atom is 0.118 e. The molecule has 2 rings (SSSR count). The van der Waals surface area contributed by atoms with E-state index >= 15 is 0 Å². The van der Waals surface area contributed by atoms with Gasteiger partial charge in [0.2, 0.25) is 0 Å². The van der Waals surface area contributed by atoms with Crippen LogP contribution in [-0.4, -0.2) is 37.7 Å². The molecule has 0 radical (unpaired) electrons. The average Bonchev–Trinajstić information content (AvgIpc) is 2.66. The predicted molar refractivity (Wildman–Crippen MR) is 143 cm³/mol. The highest BCUT2D eigenvalue weighted by atomic mass is 32.2. The van der Waals surface area contributed by atoms with Gasteiger partial charge in [-0.15, -0.1) is 0 Å². The van der Waals surface area contributed by atoms with Gasteiger partial charge in [0.15, 0.2) is 0 Å². The molecule has 0 spiro atoms. The van der Waals surface area contributed by atoms with Gasteiger partial charge in [-0.1, -0.05) is 85.9 Å². The lowest BCUT2D eigenvalue weighted by Gasteiger charge is -2.44. The Bertz CT molecular complexity index is 906. The van der Waals surface area contributed by atoms with Gasteiger partial charge in [0, 0.05) is 7.05 Å². The number of rotatable bonds is 6. The number of nitrogens with zero attached hydrogens (tertiary/aromatic N) is 1. The summed E-state index contributed by atoms with van der Waals surface area (Å²) < 4.78 is 20.7. The molecule has 0 saturated carbocycles. The molecule has 0 saturated heterocycles. The minimum Gasteiger partial charge on any atom is -0.497 e. The highest BCUT2D eigenvalue weighted by Crippen LogP contribution is 2.59. The summed E-state index contributed by atoms with van der Waals surface area (Å²) in [5.41, 5.74) is 2.37. The number of hydrogen-bond acceptors (Lipinski definition) is 2. The molecule has 2 atom stereocenters. The fourth-order valence-electron chi connectivity index (χ4n) is 4.55. The minimum absolute atomic E-state index is 0.119. The van der Waals surface area contributed by atoms with E-state index in [1.165, 1.54) is 10.9 Å². The van der Waals surface area contributed by atoms with Gasteiger partial charge in [-0.05, 0) is 59.6 Å². The molecule has 0 bridgehead atoms. The summed E-state index contributed by atoms with van der Waals surface area (Å²) in [5, 5.41) is 1.66. The molecule has 3 nitrogen and oxygen atoms in total. The second-order valence-electron chi connectivity index (χ2n) is 11.3. The van der Waals surface area contributed by atoms with Gasteiger partial charge in [-0.25, -0.2) is 8.51 Å². The van der Waals surface area contributed by atoms with Crippen molar-refractivity contribution < 1.29 is 8.95 Å². The zero-order valence-corrected chi connectivity index (χ0v) is 23.5. The third-order valence-corrected chi connectivity index (χ3v) is 10.7. The van der Waals surface area contributed by atoms with E-state index < -0.39 is 18.9 Å². The van der Waals surface area contributed by atoms with Crippen LogP contribution in [0.2, 0.25) is 0 Å². The Morgan fingerprint density at radius 1 is 0.844 bits per heavy atom. The van der Waals surface area contributed by atoms with Crippen LogP contribution in [0.4, 0.5) is 0 Å². The van der Waals surface area contributed by atoms with Crippen LogP contribution in [0.15, 0.2) is 48.5 Å². The van der Waals surface area contributed by atoms with E-state index in [2.05, 4.69) is 77.9 Å². The lowest BCUT2D eigenvalue weighted by Crippen LogP contribution is -2.40. The van der Waals surface area contributed by atoms with Crippen molar-refractivity contribution >= 4 is 24.2 Å². The first kappa shape index (κ1) is 27.0. The fraction of sp³-hybridized carbons (Fsp3) is 0.556. The average molecular weight is 476 g/mol. The Hall–Kier alpha value is -1.22. The zero-order valence-electron chi connectivity index (χ0n) is 21.8. The van der Waals surface area contributed by atoms with Crippen LogP contribution < -0.4 is 10.0 Å². The van der Waals surface area contributed by atoms with Crippen LogP contribution in [0.5, 0.6) is 5.75 Å². The molecule has 1 unspecified atom stereocenters. The third-order valence-electron chi connectivity index (χ3n) is 5.39. The van der Waals surface area contributed by atoms with Gasteiger partial charge >= 0.3 is 0 Å². The van der Waals surface area contributed by atoms with Gasteiger partial charge in [0.25, 0.3) is 0 Å². The van der Waals surface area contributed by atoms with E-state index in [1.807, 2.05) is 44.3 Å². The van der Waals surface area contributed by atoms with Crippen molar-refractivity contribution in [1.82, 2.24) is 4.31 Å². The molecule has 0 aliphatic rings. The summed E-state index contributed by atoms with van der Waals surface area (Å²) in [7, 11) is 1.98. The summed E-state index contributed by atoms with van der Waals surface area (Å²) in [6, 6.07) is 16.9. The van der Waals surface area contributed by atoms with E-state index in [9.17, 15) is 4.21 Å². The van der Waals surface area contributed by atoms with E-state index in [0.717, 1.165) is 11.3 Å². The van der Waals surface area contributed by atoms with Crippen molar-refractivity contribution in [3.63, 3.8) is 0 Å². The molecule has 5 heteroatoms. The van der Waals surface area contributed by atoms with Crippen LogP contribution >= 0.6 is 7.92 Å². The van der Waals surface area contributed by atoms with Crippen molar-refractivity contribution in [2.45, 2.75) is 83.4 Å². The summed E-state index contributed by atoms with van der Waals surface area (Å²) in [4.78, 5) is 0. The van der Waals surface area contributed by atoms with Gasteiger partial charge in [-0.2, -0.15) is 0 Å². The summed E-state index contributed by atoms with van der Waals surface area (Å²) in [5.74, 6) is 0.826. The first-order valence-corrected chi connectivity index (χ1v) is 13.7. The van der Waals surface area contributed by atoms with E-state index in [4.69, 9.17) is 4.74 Å².